The fourth-order valence-electron chi connectivity index (χ4n) is 1.43. The van der Waals surface area contributed by atoms with E-state index in [2.05, 4.69) is 5.32 Å². The van der Waals surface area contributed by atoms with E-state index in [1.54, 1.807) is 14.0 Å². The summed E-state index contributed by atoms with van der Waals surface area (Å²) in [7, 11) is 1.58. The molecule has 0 aliphatic carbocycles. The number of hydrogen-bond donors (Lipinski definition) is 2. The Morgan fingerprint density at radius 1 is 1.56 bits per heavy atom. The number of rotatable bonds is 4. The van der Waals surface area contributed by atoms with E-state index in [-0.39, 0.29) is 5.91 Å². The van der Waals surface area contributed by atoms with Crippen molar-refractivity contribution < 1.29 is 9.53 Å². The lowest BCUT2D eigenvalue weighted by molar-refractivity contribution is -0.126. The van der Waals surface area contributed by atoms with Crippen LogP contribution in [-0.4, -0.2) is 19.1 Å². The highest BCUT2D eigenvalue weighted by Crippen LogP contribution is 2.20. The van der Waals surface area contributed by atoms with Crippen molar-refractivity contribution in [1.29, 1.82) is 0 Å². The first-order valence-corrected chi connectivity index (χ1v) is 5.26. The lowest BCUT2D eigenvalue weighted by Crippen LogP contribution is -2.34. The maximum Gasteiger partial charge on any atom is 0.260 e. The van der Waals surface area contributed by atoms with Crippen molar-refractivity contribution in [1.82, 2.24) is 5.32 Å². The fourth-order valence-corrected chi connectivity index (χ4v) is 1.43. The molecule has 0 saturated heterocycles. The molecule has 88 valence electrons. The molecule has 4 heteroatoms. The number of aryl methyl sites for hydroxylation is 1. The summed E-state index contributed by atoms with van der Waals surface area (Å²) >= 11 is 0. The van der Waals surface area contributed by atoms with Gasteiger partial charge in [0.2, 0.25) is 0 Å². The second kappa shape index (κ2) is 5.51. The van der Waals surface area contributed by atoms with Crippen molar-refractivity contribution in [3.8, 4) is 5.75 Å². The molecule has 0 radical (unpaired) electrons. The van der Waals surface area contributed by atoms with Crippen LogP contribution in [0.5, 0.6) is 5.75 Å². The molecule has 4 nitrogen and oxygen atoms in total. The smallest absolute Gasteiger partial charge is 0.260 e. The van der Waals surface area contributed by atoms with Crippen molar-refractivity contribution in [2.45, 2.75) is 26.5 Å². The SMILES string of the molecule is CNC(=O)C(C)Oc1ccc(C)cc1CN. The lowest BCUT2D eigenvalue weighted by Gasteiger charge is -2.16. The normalized spacial score (nSPS) is 12.0. The van der Waals surface area contributed by atoms with Gasteiger partial charge in [-0.2, -0.15) is 0 Å². The van der Waals surface area contributed by atoms with Crippen LogP contribution in [0.2, 0.25) is 0 Å². The third kappa shape index (κ3) is 2.97. The van der Waals surface area contributed by atoms with Crippen LogP contribution in [0.25, 0.3) is 0 Å². The van der Waals surface area contributed by atoms with E-state index in [9.17, 15) is 4.79 Å². The number of likely N-dealkylation sites (N-methyl/N-ethyl adjacent to an activating group) is 1. The average molecular weight is 222 g/mol. The minimum Gasteiger partial charge on any atom is -0.481 e. The maximum absolute atomic E-state index is 11.3. The Hall–Kier alpha value is -1.55. The van der Waals surface area contributed by atoms with Crippen molar-refractivity contribution in [3.05, 3.63) is 29.3 Å². The molecule has 1 amide bonds. The first kappa shape index (κ1) is 12.5. The number of hydrogen-bond acceptors (Lipinski definition) is 3. The van der Waals surface area contributed by atoms with Crippen molar-refractivity contribution in [2.24, 2.45) is 5.73 Å². The number of nitrogens with one attached hydrogen (secondary N) is 1. The number of benzene rings is 1. The number of ether oxygens (including phenoxy) is 1. The molecule has 1 aromatic rings. The third-order valence-electron chi connectivity index (χ3n) is 2.36. The predicted octanol–water partition coefficient (Wildman–Crippen LogP) is 0.967. The van der Waals surface area contributed by atoms with Crippen molar-refractivity contribution in [3.63, 3.8) is 0 Å². The van der Waals surface area contributed by atoms with Crippen LogP contribution in [0.3, 0.4) is 0 Å². The van der Waals surface area contributed by atoms with Crippen LogP contribution in [-0.2, 0) is 11.3 Å². The quantitative estimate of drug-likeness (QED) is 0.797. The largest absolute Gasteiger partial charge is 0.481 e. The average Bonchev–Trinajstić information content (AvgIpc) is 2.30. The van der Waals surface area contributed by atoms with E-state index in [1.807, 2.05) is 25.1 Å². The van der Waals surface area contributed by atoms with Gasteiger partial charge in [-0.3, -0.25) is 4.79 Å². The molecule has 0 fully saturated rings. The molecule has 16 heavy (non-hydrogen) atoms. The molecule has 1 rings (SSSR count). The van der Waals surface area contributed by atoms with Crippen molar-refractivity contribution >= 4 is 5.91 Å². The Kier molecular flexibility index (Phi) is 4.31. The van der Waals surface area contributed by atoms with Gasteiger partial charge in [-0.05, 0) is 19.9 Å². The van der Waals surface area contributed by atoms with E-state index >= 15 is 0 Å². The van der Waals surface area contributed by atoms with Gasteiger partial charge in [0.15, 0.2) is 6.10 Å². The Bertz CT molecular complexity index is 377. The van der Waals surface area contributed by atoms with E-state index in [4.69, 9.17) is 10.5 Å². The first-order chi connectivity index (χ1) is 7.58. The molecule has 0 bridgehead atoms. The molecule has 0 saturated carbocycles. The summed E-state index contributed by atoms with van der Waals surface area (Å²) in [4.78, 5) is 11.3. The van der Waals surface area contributed by atoms with Crippen LogP contribution in [0.4, 0.5) is 0 Å². The molecule has 0 aliphatic heterocycles. The van der Waals surface area contributed by atoms with Crippen molar-refractivity contribution in [2.75, 3.05) is 7.05 Å². The summed E-state index contributed by atoms with van der Waals surface area (Å²) < 4.78 is 5.55. The minimum absolute atomic E-state index is 0.149. The van der Waals surface area contributed by atoms with E-state index in [0.29, 0.717) is 12.3 Å². The molecule has 0 aliphatic rings. The van der Waals surface area contributed by atoms with Gasteiger partial charge >= 0.3 is 0 Å². The first-order valence-electron chi connectivity index (χ1n) is 5.26. The second-order valence-corrected chi connectivity index (χ2v) is 3.69. The van der Waals surface area contributed by atoms with Gasteiger partial charge < -0.3 is 15.8 Å². The Morgan fingerprint density at radius 3 is 2.81 bits per heavy atom. The van der Waals surface area contributed by atoms with Gasteiger partial charge in [-0.1, -0.05) is 17.7 Å². The number of carbonyl (C=O) groups excluding carboxylic acids is 1. The van der Waals surface area contributed by atoms with E-state index < -0.39 is 6.10 Å². The van der Waals surface area contributed by atoms with E-state index in [1.165, 1.54) is 0 Å². The topological polar surface area (TPSA) is 64.3 Å². The summed E-state index contributed by atoms with van der Waals surface area (Å²) in [5.41, 5.74) is 7.66. The molecule has 0 spiro atoms. The fraction of sp³-hybridized carbons (Fsp3) is 0.417. The van der Waals surface area contributed by atoms with Gasteiger partial charge in [-0.25, -0.2) is 0 Å². The van der Waals surface area contributed by atoms with Gasteiger partial charge in [0.1, 0.15) is 5.75 Å². The Morgan fingerprint density at radius 2 is 2.25 bits per heavy atom. The molecular weight excluding hydrogens is 204 g/mol. The molecule has 1 aromatic carbocycles. The second-order valence-electron chi connectivity index (χ2n) is 3.69. The van der Waals surface area contributed by atoms with Gasteiger partial charge in [0.05, 0.1) is 0 Å². The van der Waals surface area contributed by atoms with Crippen LogP contribution in [0.15, 0.2) is 18.2 Å². The lowest BCUT2D eigenvalue weighted by atomic mass is 10.1. The third-order valence-corrected chi connectivity index (χ3v) is 2.36. The zero-order valence-electron chi connectivity index (χ0n) is 9.91. The highest BCUT2D eigenvalue weighted by Gasteiger charge is 2.14. The molecule has 1 atom stereocenters. The van der Waals surface area contributed by atoms with Gasteiger partial charge in [-0.15, -0.1) is 0 Å². The monoisotopic (exact) mass is 222 g/mol. The summed E-state index contributed by atoms with van der Waals surface area (Å²) in [6.07, 6.45) is -0.516. The van der Waals surface area contributed by atoms with Crippen LogP contribution in [0, 0.1) is 6.92 Å². The zero-order chi connectivity index (χ0) is 12.1. The number of amides is 1. The summed E-state index contributed by atoms with van der Waals surface area (Å²) in [6.45, 7) is 4.10. The molecule has 0 aromatic heterocycles. The molecular formula is C12H18N2O2. The summed E-state index contributed by atoms with van der Waals surface area (Å²) in [5, 5.41) is 2.54. The van der Waals surface area contributed by atoms with Gasteiger partial charge in [0.25, 0.3) is 5.91 Å². The highest BCUT2D eigenvalue weighted by molar-refractivity contribution is 5.80. The summed E-state index contributed by atoms with van der Waals surface area (Å²) in [5.74, 6) is 0.521. The van der Waals surface area contributed by atoms with Gasteiger partial charge in [0, 0.05) is 19.2 Å². The molecule has 0 heterocycles. The Labute approximate surface area is 95.8 Å². The van der Waals surface area contributed by atoms with Crippen LogP contribution in [0.1, 0.15) is 18.1 Å². The standard InChI is InChI=1S/C12H18N2O2/c1-8-4-5-11(10(6-8)7-13)16-9(2)12(15)14-3/h4-6,9H,7,13H2,1-3H3,(H,14,15). The molecule has 1 unspecified atom stereocenters. The maximum atomic E-state index is 11.3. The predicted molar refractivity (Wildman–Crippen MR) is 63.2 cm³/mol. The Balaban J connectivity index is 2.84. The minimum atomic E-state index is -0.516. The van der Waals surface area contributed by atoms with E-state index in [0.717, 1.165) is 11.1 Å². The highest BCUT2D eigenvalue weighted by atomic mass is 16.5. The molecule has 3 N–H and O–H groups in total. The number of nitrogens with two attached hydrogens (primary N) is 1. The van der Waals surface area contributed by atoms with Crippen LogP contribution < -0.4 is 15.8 Å². The summed E-state index contributed by atoms with van der Waals surface area (Å²) in [6, 6.07) is 5.74. The van der Waals surface area contributed by atoms with Crippen LogP contribution >= 0.6 is 0 Å². The number of carbonyl (C=O) groups is 1. The zero-order valence-corrected chi connectivity index (χ0v) is 9.91.